The maximum absolute atomic E-state index is 12.9. The van der Waals surface area contributed by atoms with Crippen molar-refractivity contribution < 1.29 is 13.2 Å². The molecule has 20 heavy (non-hydrogen) atoms. The minimum absolute atomic E-state index is 0.368. The summed E-state index contributed by atoms with van der Waals surface area (Å²) in [5, 5.41) is 3.51. The van der Waals surface area contributed by atoms with Crippen molar-refractivity contribution in [2.75, 3.05) is 26.2 Å². The van der Waals surface area contributed by atoms with Crippen molar-refractivity contribution in [1.82, 2.24) is 10.2 Å². The van der Waals surface area contributed by atoms with Gasteiger partial charge < -0.3 is 5.32 Å². The number of alkyl halides is 3. The van der Waals surface area contributed by atoms with Crippen LogP contribution < -0.4 is 5.32 Å². The lowest BCUT2D eigenvalue weighted by Crippen LogP contribution is -2.46. The number of nitrogens with one attached hydrogen (secondary N) is 1. The van der Waals surface area contributed by atoms with Crippen LogP contribution in [0.1, 0.15) is 18.0 Å². The summed E-state index contributed by atoms with van der Waals surface area (Å²) in [5.41, 5.74) is 0.536. The predicted octanol–water partition coefficient (Wildman–Crippen LogP) is 4.00. The van der Waals surface area contributed by atoms with E-state index in [1.807, 2.05) is 4.90 Å². The highest BCUT2D eigenvalue weighted by Gasteiger charge is 2.36. The Hall–Kier alpha value is -0.300. The van der Waals surface area contributed by atoms with Crippen molar-refractivity contribution in [1.29, 1.82) is 0 Å². The number of hydrogen-bond acceptors (Lipinski definition) is 2. The van der Waals surface area contributed by atoms with Gasteiger partial charge in [0.15, 0.2) is 0 Å². The van der Waals surface area contributed by atoms with Gasteiger partial charge in [-0.3, -0.25) is 4.90 Å². The van der Waals surface area contributed by atoms with E-state index in [1.165, 1.54) is 0 Å². The Morgan fingerprint density at radius 2 is 1.95 bits per heavy atom. The Balaban J connectivity index is 2.29. The van der Waals surface area contributed by atoms with E-state index in [2.05, 4.69) is 21.2 Å². The summed E-state index contributed by atoms with van der Waals surface area (Å²) < 4.78 is 39.3. The number of halogens is 5. The molecule has 0 aliphatic carbocycles. The molecule has 1 heterocycles. The molecule has 0 bridgehead atoms. The number of benzene rings is 1. The van der Waals surface area contributed by atoms with E-state index < -0.39 is 18.6 Å². The van der Waals surface area contributed by atoms with Crippen LogP contribution in [0.4, 0.5) is 13.2 Å². The number of hydrogen-bond donors (Lipinski definition) is 1. The van der Waals surface area contributed by atoms with Gasteiger partial charge in [0, 0.05) is 41.7 Å². The Bertz CT molecular complexity index is 461. The van der Waals surface area contributed by atoms with Gasteiger partial charge in [0.25, 0.3) is 0 Å². The lowest BCUT2D eigenvalue weighted by Gasteiger charge is -2.36. The first kappa shape index (κ1) is 16.1. The molecule has 1 N–H and O–H groups in total. The Labute approximate surface area is 129 Å². The zero-order valence-electron chi connectivity index (χ0n) is 10.7. The van der Waals surface area contributed by atoms with Crippen LogP contribution in [0, 0.1) is 0 Å². The summed E-state index contributed by atoms with van der Waals surface area (Å²) >= 11 is 9.41. The summed E-state index contributed by atoms with van der Waals surface area (Å²) in [6.07, 6.45) is -5.10. The SMILES string of the molecule is FC(F)(F)C[C@H](c1ccc(Br)cc1Cl)N1CCNCC1. The van der Waals surface area contributed by atoms with Gasteiger partial charge in [0.05, 0.1) is 6.42 Å². The van der Waals surface area contributed by atoms with Crippen molar-refractivity contribution in [2.45, 2.75) is 18.6 Å². The first-order chi connectivity index (χ1) is 9.37. The average molecular weight is 372 g/mol. The summed E-state index contributed by atoms with van der Waals surface area (Å²) in [6, 6.07) is 4.32. The number of piperazine rings is 1. The highest BCUT2D eigenvalue weighted by Crippen LogP contribution is 2.37. The molecule has 112 valence electrons. The van der Waals surface area contributed by atoms with Crippen molar-refractivity contribution in [2.24, 2.45) is 0 Å². The van der Waals surface area contributed by atoms with Crippen LogP contribution in [0.5, 0.6) is 0 Å². The highest BCUT2D eigenvalue weighted by molar-refractivity contribution is 9.10. The van der Waals surface area contributed by atoms with E-state index in [0.717, 1.165) is 4.47 Å². The molecule has 1 aliphatic heterocycles. The molecule has 1 saturated heterocycles. The molecule has 1 aliphatic rings. The van der Waals surface area contributed by atoms with Crippen molar-refractivity contribution in [3.05, 3.63) is 33.3 Å². The van der Waals surface area contributed by atoms with Gasteiger partial charge in [0.1, 0.15) is 0 Å². The molecule has 1 atom stereocenters. The van der Waals surface area contributed by atoms with Gasteiger partial charge in [-0.25, -0.2) is 0 Å². The summed E-state index contributed by atoms with van der Waals surface area (Å²) in [5.74, 6) is 0. The largest absolute Gasteiger partial charge is 0.390 e. The molecular weight excluding hydrogens is 357 g/mol. The van der Waals surface area contributed by atoms with Crippen LogP contribution in [0.25, 0.3) is 0 Å². The van der Waals surface area contributed by atoms with E-state index in [9.17, 15) is 13.2 Å². The number of nitrogens with zero attached hydrogens (tertiary/aromatic N) is 1. The lowest BCUT2D eigenvalue weighted by molar-refractivity contribution is -0.148. The van der Waals surface area contributed by atoms with Crippen molar-refractivity contribution in [3.63, 3.8) is 0 Å². The molecule has 7 heteroatoms. The predicted molar refractivity (Wildman–Crippen MR) is 77.0 cm³/mol. The third-order valence-electron chi connectivity index (χ3n) is 3.34. The quantitative estimate of drug-likeness (QED) is 0.864. The third-order valence-corrected chi connectivity index (χ3v) is 4.16. The van der Waals surface area contributed by atoms with Crippen LogP contribution in [-0.4, -0.2) is 37.3 Å². The van der Waals surface area contributed by atoms with Crippen molar-refractivity contribution in [3.8, 4) is 0 Å². The molecule has 1 aromatic carbocycles. The van der Waals surface area contributed by atoms with Gasteiger partial charge in [-0.15, -0.1) is 0 Å². The second-order valence-corrected chi connectivity index (χ2v) is 6.11. The summed E-state index contributed by atoms with van der Waals surface area (Å²) in [4.78, 5) is 1.85. The minimum atomic E-state index is -4.22. The maximum atomic E-state index is 12.9. The minimum Gasteiger partial charge on any atom is -0.314 e. The normalized spacial score (nSPS) is 19.1. The van der Waals surface area contributed by atoms with E-state index in [1.54, 1.807) is 18.2 Å². The van der Waals surface area contributed by atoms with Gasteiger partial charge in [-0.2, -0.15) is 13.2 Å². The maximum Gasteiger partial charge on any atom is 0.390 e. The molecule has 0 amide bonds. The van der Waals surface area contributed by atoms with E-state index in [0.29, 0.717) is 36.8 Å². The monoisotopic (exact) mass is 370 g/mol. The van der Waals surface area contributed by atoms with Crippen LogP contribution in [0.3, 0.4) is 0 Å². The van der Waals surface area contributed by atoms with Crippen LogP contribution in [0.2, 0.25) is 5.02 Å². The zero-order chi connectivity index (χ0) is 14.8. The standard InChI is InChI=1S/C13H15BrClF3N2/c14-9-1-2-10(11(15)7-9)12(8-13(16,17)18)20-5-3-19-4-6-20/h1-2,7,12,19H,3-6,8H2/t12-/m1/s1. The van der Waals surface area contributed by atoms with E-state index in [4.69, 9.17) is 11.6 Å². The van der Waals surface area contributed by atoms with Crippen molar-refractivity contribution >= 4 is 27.5 Å². The van der Waals surface area contributed by atoms with Crippen LogP contribution in [-0.2, 0) is 0 Å². The number of rotatable bonds is 3. The van der Waals surface area contributed by atoms with Crippen LogP contribution >= 0.6 is 27.5 Å². The van der Waals surface area contributed by atoms with Gasteiger partial charge >= 0.3 is 6.18 Å². The van der Waals surface area contributed by atoms with E-state index in [-0.39, 0.29) is 0 Å². The molecule has 0 spiro atoms. The Morgan fingerprint density at radius 1 is 1.30 bits per heavy atom. The summed E-state index contributed by atoms with van der Waals surface area (Å²) in [7, 11) is 0. The molecule has 0 saturated carbocycles. The Kier molecular flexibility index (Phi) is 5.34. The summed E-state index contributed by atoms with van der Waals surface area (Å²) in [6.45, 7) is 2.57. The van der Waals surface area contributed by atoms with E-state index >= 15 is 0 Å². The second kappa shape index (κ2) is 6.64. The highest BCUT2D eigenvalue weighted by atomic mass is 79.9. The molecule has 0 radical (unpaired) electrons. The topological polar surface area (TPSA) is 15.3 Å². The van der Waals surface area contributed by atoms with Crippen LogP contribution in [0.15, 0.2) is 22.7 Å². The molecule has 2 nitrogen and oxygen atoms in total. The molecule has 0 aromatic heterocycles. The molecule has 1 fully saturated rings. The van der Waals surface area contributed by atoms with Gasteiger partial charge in [-0.1, -0.05) is 33.6 Å². The smallest absolute Gasteiger partial charge is 0.314 e. The molecule has 0 unspecified atom stereocenters. The lowest BCUT2D eigenvalue weighted by atomic mass is 10.0. The van der Waals surface area contributed by atoms with Gasteiger partial charge in [0.2, 0.25) is 0 Å². The Morgan fingerprint density at radius 3 is 2.50 bits per heavy atom. The fraction of sp³-hybridized carbons (Fsp3) is 0.538. The average Bonchev–Trinajstić information content (AvgIpc) is 2.36. The fourth-order valence-electron chi connectivity index (χ4n) is 2.42. The first-order valence-corrected chi connectivity index (χ1v) is 7.50. The molecule has 1 aromatic rings. The fourth-order valence-corrected chi connectivity index (χ4v) is 3.22. The van der Waals surface area contributed by atoms with Gasteiger partial charge in [-0.05, 0) is 17.7 Å². The second-order valence-electron chi connectivity index (χ2n) is 4.79. The zero-order valence-corrected chi connectivity index (χ0v) is 13.0. The molecular formula is C13H15BrClF3N2. The first-order valence-electron chi connectivity index (χ1n) is 6.33. The molecule has 2 rings (SSSR count). The third kappa shape index (κ3) is 4.35.